The second kappa shape index (κ2) is 18.0. The number of methoxy groups -OCH3 is 1. The van der Waals surface area contributed by atoms with Gasteiger partial charge in [0, 0.05) is 35.3 Å². The molecule has 0 unspecified atom stereocenters. The second-order valence-corrected chi connectivity index (χ2v) is 13.5. The SMILES string of the molecule is COC1=C2NC(=O)C(C)=CC=CC=C[C@H](C)[C@@H](O)CC(=O)C(C)=CC[C@H](O)C=C[C@H](C)[C@H](O)[C@@H](C)C=C(C)C(=O)c3c(O)c(C)cc(c3C1=O)C2=O. The predicted molar refractivity (Wildman–Crippen MR) is 196 cm³/mol. The Morgan fingerprint density at radius 1 is 0.750 bits per heavy atom. The fourth-order valence-electron chi connectivity index (χ4n) is 5.82. The zero-order valence-electron chi connectivity index (χ0n) is 30.9. The number of aromatic hydroxyl groups is 1. The van der Waals surface area contributed by atoms with Crippen LogP contribution in [0.3, 0.4) is 0 Å². The summed E-state index contributed by atoms with van der Waals surface area (Å²) in [7, 11) is 1.14. The molecule has 2 aliphatic heterocycles. The molecular weight excluding hydrogens is 666 g/mol. The van der Waals surface area contributed by atoms with Gasteiger partial charge in [0.05, 0.1) is 36.5 Å². The standard InChI is InChI=1S/C41H49NO10/c1-21-12-10-9-11-13-24(4)41(51)42-34-38(49)29-19-27(7)37(48)33(32(29)39(50)40(34)52-8)36(47)26(6)18-25(5)35(46)23(3)15-17-28(43)16-14-22(2)31(45)20-30(21)44/h9-15,17-19,21,23,25,28,30,35,43-44,46,48H,16,20H2,1-8H3,(H,42,51)/t21-,23-,25-,28-,30-,35-/m0/s1. The van der Waals surface area contributed by atoms with Crippen molar-refractivity contribution >= 4 is 29.0 Å². The number of allylic oxidation sites excluding steroid dienone is 8. The van der Waals surface area contributed by atoms with E-state index in [9.17, 15) is 44.4 Å². The van der Waals surface area contributed by atoms with E-state index >= 15 is 0 Å². The van der Waals surface area contributed by atoms with Crippen LogP contribution >= 0.6 is 0 Å². The van der Waals surface area contributed by atoms with E-state index in [1.807, 2.05) is 0 Å². The average Bonchev–Trinajstić information content (AvgIpc) is 3.10. The highest BCUT2D eigenvalue weighted by atomic mass is 16.5. The van der Waals surface area contributed by atoms with E-state index in [-0.39, 0.29) is 52.4 Å². The van der Waals surface area contributed by atoms with Gasteiger partial charge in [-0.2, -0.15) is 0 Å². The molecule has 0 aromatic heterocycles. The maximum absolute atomic E-state index is 13.9. The van der Waals surface area contributed by atoms with Gasteiger partial charge in [-0.3, -0.25) is 24.0 Å². The number of phenolic OH excluding ortho intramolecular Hbond substituents is 1. The van der Waals surface area contributed by atoms with E-state index in [0.717, 1.165) is 7.11 Å². The number of carbonyl (C=O) groups is 5. The zero-order chi connectivity index (χ0) is 39.0. The van der Waals surface area contributed by atoms with Gasteiger partial charge in [0.15, 0.2) is 17.3 Å². The van der Waals surface area contributed by atoms with E-state index in [4.69, 9.17) is 4.74 Å². The van der Waals surface area contributed by atoms with Gasteiger partial charge >= 0.3 is 0 Å². The summed E-state index contributed by atoms with van der Waals surface area (Å²) in [5.41, 5.74) is -0.579. The first-order valence-corrected chi connectivity index (χ1v) is 17.1. The lowest BCUT2D eigenvalue weighted by Gasteiger charge is -2.24. The van der Waals surface area contributed by atoms with Crippen molar-refractivity contribution in [3.8, 4) is 5.75 Å². The van der Waals surface area contributed by atoms with Gasteiger partial charge in [0.2, 0.25) is 11.6 Å². The van der Waals surface area contributed by atoms with Crippen molar-refractivity contribution in [2.75, 3.05) is 7.11 Å². The van der Waals surface area contributed by atoms with Crippen molar-refractivity contribution in [3.05, 3.63) is 111 Å². The molecule has 52 heavy (non-hydrogen) atoms. The number of amides is 1. The van der Waals surface area contributed by atoms with Crippen LogP contribution in [0.15, 0.2) is 88.9 Å². The Hall–Kier alpha value is -4.97. The zero-order valence-corrected chi connectivity index (χ0v) is 30.9. The summed E-state index contributed by atoms with van der Waals surface area (Å²) in [6.45, 7) is 11.2. The number of nitrogens with one attached hydrogen (secondary N) is 1. The number of fused-ring (bicyclic) bond motifs is 18. The summed E-state index contributed by atoms with van der Waals surface area (Å²) in [6, 6.07) is 1.28. The summed E-state index contributed by atoms with van der Waals surface area (Å²) in [6.07, 6.45) is 11.3. The molecule has 1 aromatic rings. The number of hydrogen-bond acceptors (Lipinski definition) is 10. The van der Waals surface area contributed by atoms with Crippen LogP contribution in [0.4, 0.5) is 0 Å². The Bertz CT molecular complexity index is 1840. The van der Waals surface area contributed by atoms with Gasteiger partial charge in [-0.1, -0.05) is 75.5 Å². The van der Waals surface area contributed by atoms with Crippen molar-refractivity contribution in [3.63, 3.8) is 0 Å². The fourth-order valence-corrected chi connectivity index (χ4v) is 5.82. The molecule has 0 radical (unpaired) electrons. The number of benzene rings is 1. The van der Waals surface area contributed by atoms with Gasteiger partial charge in [0.25, 0.3) is 5.91 Å². The van der Waals surface area contributed by atoms with E-state index in [1.165, 1.54) is 45.1 Å². The molecule has 5 N–H and O–H groups in total. The second-order valence-electron chi connectivity index (χ2n) is 13.5. The number of aryl methyl sites for hydroxylation is 1. The molecule has 1 aliphatic carbocycles. The molecule has 0 saturated carbocycles. The van der Waals surface area contributed by atoms with Crippen LogP contribution in [0.1, 0.15) is 91.0 Å². The number of ketones is 4. The molecule has 11 nitrogen and oxygen atoms in total. The normalized spacial score (nSPS) is 26.3. The van der Waals surface area contributed by atoms with Gasteiger partial charge < -0.3 is 30.5 Å². The van der Waals surface area contributed by atoms with Crippen molar-refractivity contribution < 1.29 is 49.1 Å². The Labute approximate surface area is 304 Å². The molecule has 2 heterocycles. The maximum atomic E-state index is 13.9. The van der Waals surface area contributed by atoms with Crippen molar-refractivity contribution in [1.82, 2.24) is 5.32 Å². The monoisotopic (exact) mass is 715 g/mol. The van der Waals surface area contributed by atoms with E-state index < -0.39 is 76.2 Å². The number of phenols is 1. The minimum atomic E-state index is -1.01. The Kier molecular flexibility index (Phi) is 14.3. The highest BCUT2D eigenvalue weighted by Gasteiger charge is 2.39. The molecular formula is C41H49NO10. The summed E-state index contributed by atoms with van der Waals surface area (Å²) in [5, 5.41) is 45.7. The minimum Gasteiger partial charge on any atom is -0.507 e. The Morgan fingerprint density at radius 2 is 1.42 bits per heavy atom. The van der Waals surface area contributed by atoms with E-state index in [1.54, 1.807) is 64.2 Å². The Morgan fingerprint density at radius 3 is 2.08 bits per heavy atom. The number of Topliss-reactive ketones (excluding diaryl/α,β-unsaturated/α-hetero) is 4. The van der Waals surface area contributed by atoms with Gasteiger partial charge in [-0.15, -0.1) is 0 Å². The lowest BCUT2D eigenvalue weighted by Crippen LogP contribution is -2.36. The van der Waals surface area contributed by atoms with Crippen molar-refractivity contribution in [1.29, 1.82) is 0 Å². The molecule has 3 aliphatic rings. The molecule has 4 rings (SSSR count). The first-order chi connectivity index (χ1) is 24.4. The van der Waals surface area contributed by atoms with Crippen LogP contribution in [0, 0.1) is 24.7 Å². The number of carbonyl (C=O) groups excluding carboxylic acids is 5. The van der Waals surface area contributed by atoms with Crippen LogP contribution in [-0.2, 0) is 14.3 Å². The quantitative estimate of drug-likeness (QED) is 0.245. The molecule has 6 atom stereocenters. The number of hydrogen-bond donors (Lipinski definition) is 5. The lowest BCUT2D eigenvalue weighted by molar-refractivity contribution is -0.118. The van der Waals surface area contributed by atoms with Crippen LogP contribution in [-0.4, -0.2) is 74.9 Å². The van der Waals surface area contributed by atoms with Gasteiger partial charge in [-0.25, -0.2) is 0 Å². The van der Waals surface area contributed by atoms with Crippen LogP contribution in [0.25, 0.3) is 0 Å². The number of rotatable bonds is 1. The molecule has 0 spiro atoms. The first-order valence-electron chi connectivity index (χ1n) is 17.1. The van der Waals surface area contributed by atoms with Crippen molar-refractivity contribution in [2.45, 2.75) is 79.6 Å². The number of aliphatic hydroxyl groups excluding tert-OH is 3. The molecule has 0 fully saturated rings. The molecule has 4 bridgehead atoms. The predicted octanol–water partition coefficient (Wildman–Crippen LogP) is 5.10. The lowest BCUT2D eigenvalue weighted by atomic mass is 9.82. The fraction of sp³-hybridized carbons (Fsp3) is 0.390. The summed E-state index contributed by atoms with van der Waals surface area (Å²) < 4.78 is 5.29. The maximum Gasteiger partial charge on any atom is 0.251 e. The molecule has 11 heteroatoms. The topological polar surface area (TPSA) is 188 Å². The Balaban J connectivity index is 2.11. The first kappa shape index (κ1) is 41.5. The van der Waals surface area contributed by atoms with Gasteiger partial charge in [-0.05, 0) is 56.9 Å². The van der Waals surface area contributed by atoms with Crippen LogP contribution < -0.4 is 5.32 Å². The summed E-state index contributed by atoms with van der Waals surface area (Å²) in [4.78, 5) is 67.4. The third-order valence-corrected chi connectivity index (χ3v) is 9.33. The average molecular weight is 716 g/mol. The van der Waals surface area contributed by atoms with Crippen LogP contribution in [0.5, 0.6) is 5.75 Å². The highest BCUT2D eigenvalue weighted by Crippen LogP contribution is 2.37. The van der Waals surface area contributed by atoms with E-state index in [0.29, 0.717) is 5.57 Å². The molecule has 278 valence electrons. The number of ether oxygens (including phenoxy) is 1. The largest absolute Gasteiger partial charge is 0.507 e. The van der Waals surface area contributed by atoms with Gasteiger partial charge in [0.1, 0.15) is 11.4 Å². The summed E-state index contributed by atoms with van der Waals surface area (Å²) in [5.74, 6) is -5.87. The molecule has 1 amide bonds. The van der Waals surface area contributed by atoms with E-state index in [2.05, 4.69) is 5.32 Å². The third kappa shape index (κ3) is 9.67. The summed E-state index contributed by atoms with van der Waals surface area (Å²) >= 11 is 0. The smallest absolute Gasteiger partial charge is 0.251 e. The molecule has 0 saturated heterocycles. The molecule has 1 aromatic carbocycles. The number of aliphatic hydroxyl groups is 3. The minimum absolute atomic E-state index is 0.0885. The van der Waals surface area contributed by atoms with Crippen LogP contribution in [0.2, 0.25) is 0 Å². The highest BCUT2D eigenvalue weighted by molar-refractivity contribution is 6.31. The van der Waals surface area contributed by atoms with Crippen molar-refractivity contribution in [2.24, 2.45) is 17.8 Å². The third-order valence-electron chi connectivity index (χ3n) is 9.33.